The normalized spacial score (nSPS) is 12.2. The Morgan fingerprint density at radius 2 is 2.11 bits per heavy atom. The number of aromatic nitrogens is 1. The molecule has 1 atom stereocenters. The molecule has 0 saturated heterocycles. The van der Waals surface area contributed by atoms with E-state index in [-0.39, 0.29) is 0 Å². The molecule has 1 aromatic heterocycles. The highest BCUT2D eigenvalue weighted by molar-refractivity contribution is 14.1. The molecule has 0 aliphatic carbocycles. The molecule has 1 unspecified atom stereocenters. The van der Waals surface area contributed by atoms with E-state index >= 15 is 0 Å². The van der Waals surface area contributed by atoms with Crippen LogP contribution in [0, 0.1) is 3.57 Å². The molecule has 94 valence electrons. The van der Waals surface area contributed by atoms with E-state index in [0.717, 1.165) is 13.6 Å². The molecule has 2 aromatic rings. The number of aliphatic hydroxyl groups excluding tert-OH is 1. The first-order valence-corrected chi connectivity index (χ1v) is 7.11. The predicted molar refractivity (Wildman–Crippen MR) is 81.7 cm³/mol. The van der Waals surface area contributed by atoms with E-state index in [1.165, 1.54) is 0 Å². The Kier molecular flexibility index (Phi) is 4.58. The lowest BCUT2D eigenvalue weighted by molar-refractivity contribution is 0.218. The molecule has 2 rings (SSSR count). The van der Waals surface area contributed by atoms with Crippen molar-refractivity contribution in [3.05, 3.63) is 55.8 Å². The summed E-state index contributed by atoms with van der Waals surface area (Å²) in [6, 6.07) is 7.60. The van der Waals surface area contributed by atoms with Crippen molar-refractivity contribution in [1.29, 1.82) is 0 Å². The molecule has 0 bridgehead atoms. The topological polar surface area (TPSA) is 42.4 Å². The first-order chi connectivity index (χ1) is 8.61. The van der Waals surface area contributed by atoms with Crippen LogP contribution in [-0.4, -0.2) is 17.2 Å². The summed E-state index contributed by atoms with van der Waals surface area (Å²) in [6.45, 7) is 0. The molecule has 18 heavy (non-hydrogen) atoms. The molecule has 0 amide bonds. The average Bonchev–Trinajstić information content (AvgIpc) is 2.41. The van der Waals surface area contributed by atoms with Gasteiger partial charge in [0.1, 0.15) is 11.9 Å². The van der Waals surface area contributed by atoms with Crippen LogP contribution in [0.25, 0.3) is 0 Å². The van der Waals surface area contributed by atoms with Crippen molar-refractivity contribution in [3.8, 4) is 5.75 Å². The highest BCUT2D eigenvalue weighted by Gasteiger charge is 2.15. The predicted octanol–water partition coefficient (Wildman–Crippen LogP) is 3.54. The van der Waals surface area contributed by atoms with Gasteiger partial charge < -0.3 is 9.84 Å². The molecule has 0 aliphatic rings. The minimum atomic E-state index is -0.711. The zero-order chi connectivity index (χ0) is 13.1. The second kappa shape index (κ2) is 5.99. The smallest absolute Gasteiger partial charge is 0.137 e. The van der Waals surface area contributed by atoms with Gasteiger partial charge in [0.05, 0.1) is 13.3 Å². The van der Waals surface area contributed by atoms with E-state index < -0.39 is 6.10 Å². The van der Waals surface area contributed by atoms with Gasteiger partial charge in [-0.1, -0.05) is 15.9 Å². The van der Waals surface area contributed by atoms with E-state index in [1.54, 1.807) is 25.6 Å². The number of halogens is 2. The van der Waals surface area contributed by atoms with Crippen LogP contribution in [-0.2, 0) is 0 Å². The molecule has 0 radical (unpaired) electrons. The van der Waals surface area contributed by atoms with Crippen molar-refractivity contribution in [2.24, 2.45) is 0 Å². The van der Waals surface area contributed by atoms with E-state index in [9.17, 15) is 5.11 Å². The van der Waals surface area contributed by atoms with Crippen LogP contribution in [0.15, 0.2) is 41.1 Å². The maximum Gasteiger partial charge on any atom is 0.137 e. The molecule has 0 saturated carbocycles. The third-order valence-electron chi connectivity index (χ3n) is 2.54. The summed E-state index contributed by atoms with van der Waals surface area (Å²) in [5.41, 5.74) is 1.56. The largest absolute Gasteiger partial charge is 0.495 e. The van der Waals surface area contributed by atoms with Gasteiger partial charge in [0.2, 0.25) is 0 Å². The lowest BCUT2D eigenvalue weighted by atomic mass is 10.0. The summed E-state index contributed by atoms with van der Waals surface area (Å²) in [6.07, 6.45) is 2.55. The molecule has 1 aromatic carbocycles. The third kappa shape index (κ3) is 3.02. The Morgan fingerprint density at radius 3 is 2.83 bits per heavy atom. The molecule has 0 aliphatic heterocycles. The fourth-order valence-corrected chi connectivity index (χ4v) is 2.61. The minimum absolute atomic E-state index is 0.636. The van der Waals surface area contributed by atoms with E-state index in [0.29, 0.717) is 11.3 Å². The summed E-state index contributed by atoms with van der Waals surface area (Å²) in [7, 11) is 1.58. The van der Waals surface area contributed by atoms with Crippen molar-refractivity contribution in [2.45, 2.75) is 6.10 Å². The fraction of sp³-hybridized carbons (Fsp3) is 0.154. The third-order valence-corrected chi connectivity index (χ3v) is 4.01. The van der Waals surface area contributed by atoms with Crippen molar-refractivity contribution < 1.29 is 9.84 Å². The fourth-order valence-electron chi connectivity index (χ4n) is 1.60. The number of pyridine rings is 1. The number of benzene rings is 1. The minimum Gasteiger partial charge on any atom is -0.495 e. The van der Waals surface area contributed by atoms with Crippen molar-refractivity contribution >= 4 is 38.5 Å². The van der Waals surface area contributed by atoms with Crippen LogP contribution in [0.3, 0.4) is 0 Å². The first-order valence-electron chi connectivity index (χ1n) is 5.24. The Hall–Kier alpha value is -0.660. The van der Waals surface area contributed by atoms with Crippen LogP contribution < -0.4 is 4.74 Å². The van der Waals surface area contributed by atoms with Crippen molar-refractivity contribution in [2.75, 3.05) is 7.11 Å². The van der Waals surface area contributed by atoms with Crippen LogP contribution in [0.2, 0.25) is 0 Å². The summed E-state index contributed by atoms with van der Waals surface area (Å²) < 4.78 is 7.05. The number of aliphatic hydroxyl groups is 1. The second-order valence-corrected chi connectivity index (χ2v) is 5.80. The second-order valence-electron chi connectivity index (χ2n) is 3.73. The number of hydrogen-bond acceptors (Lipinski definition) is 3. The molecule has 1 N–H and O–H groups in total. The molecule has 5 heteroatoms. The summed E-state index contributed by atoms with van der Waals surface area (Å²) >= 11 is 5.62. The highest BCUT2D eigenvalue weighted by Crippen LogP contribution is 2.29. The standard InChI is InChI=1S/C13H11BrINO2/c1-18-10-4-8(6-16-7-10)13(17)11-5-9(14)2-3-12(11)15/h2-7,13,17H,1H3. The molecule has 1 heterocycles. The number of nitrogens with zero attached hydrogens (tertiary/aromatic N) is 1. The lowest BCUT2D eigenvalue weighted by Crippen LogP contribution is -2.03. The first kappa shape index (κ1) is 13.8. The van der Waals surface area contributed by atoms with Crippen LogP contribution in [0.5, 0.6) is 5.75 Å². The molecule has 0 spiro atoms. The van der Waals surface area contributed by atoms with Gasteiger partial charge in [-0.2, -0.15) is 0 Å². The van der Waals surface area contributed by atoms with Crippen molar-refractivity contribution in [3.63, 3.8) is 0 Å². The summed E-state index contributed by atoms with van der Waals surface area (Å²) in [5.74, 6) is 0.636. The van der Waals surface area contributed by atoms with E-state index in [1.807, 2.05) is 18.2 Å². The van der Waals surface area contributed by atoms with Gasteiger partial charge in [-0.3, -0.25) is 4.98 Å². The quantitative estimate of drug-likeness (QED) is 0.773. The number of ether oxygens (including phenoxy) is 1. The van der Waals surface area contributed by atoms with Crippen LogP contribution in [0.1, 0.15) is 17.2 Å². The van der Waals surface area contributed by atoms with Gasteiger partial charge in [0.25, 0.3) is 0 Å². The maximum absolute atomic E-state index is 10.4. The van der Waals surface area contributed by atoms with E-state index in [2.05, 4.69) is 43.5 Å². The zero-order valence-corrected chi connectivity index (χ0v) is 13.3. The number of methoxy groups -OCH3 is 1. The monoisotopic (exact) mass is 419 g/mol. The van der Waals surface area contributed by atoms with Gasteiger partial charge in [0.15, 0.2) is 0 Å². The maximum atomic E-state index is 10.4. The van der Waals surface area contributed by atoms with Gasteiger partial charge in [0, 0.05) is 19.8 Å². The Morgan fingerprint density at radius 1 is 1.33 bits per heavy atom. The van der Waals surface area contributed by atoms with Crippen LogP contribution >= 0.6 is 38.5 Å². The van der Waals surface area contributed by atoms with E-state index in [4.69, 9.17) is 4.74 Å². The number of hydrogen-bond donors (Lipinski definition) is 1. The Labute approximate surface area is 127 Å². The molecular weight excluding hydrogens is 409 g/mol. The Bertz CT molecular complexity index is 562. The summed E-state index contributed by atoms with van der Waals surface area (Å²) in [4.78, 5) is 4.05. The molecule has 3 nitrogen and oxygen atoms in total. The van der Waals surface area contributed by atoms with Gasteiger partial charge in [-0.15, -0.1) is 0 Å². The van der Waals surface area contributed by atoms with Gasteiger partial charge in [-0.05, 0) is 52.4 Å². The van der Waals surface area contributed by atoms with Gasteiger partial charge >= 0.3 is 0 Å². The zero-order valence-electron chi connectivity index (χ0n) is 9.60. The lowest BCUT2D eigenvalue weighted by Gasteiger charge is -2.14. The summed E-state index contributed by atoms with van der Waals surface area (Å²) in [5, 5.41) is 10.4. The SMILES string of the molecule is COc1cncc(C(O)c2cc(Br)ccc2I)c1. The van der Waals surface area contributed by atoms with Gasteiger partial charge in [-0.25, -0.2) is 0 Å². The molecular formula is C13H11BrINO2. The van der Waals surface area contributed by atoms with Crippen LogP contribution in [0.4, 0.5) is 0 Å². The van der Waals surface area contributed by atoms with Crippen molar-refractivity contribution in [1.82, 2.24) is 4.98 Å². The highest BCUT2D eigenvalue weighted by atomic mass is 127. The average molecular weight is 420 g/mol. The number of rotatable bonds is 3. The Balaban J connectivity index is 2.40. The molecule has 0 fully saturated rings.